The van der Waals surface area contributed by atoms with Gasteiger partial charge in [0, 0.05) is 34.4 Å². The third-order valence-corrected chi connectivity index (χ3v) is 8.24. The first-order valence-electron chi connectivity index (χ1n) is 11.2. The van der Waals surface area contributed by atoms with Gasteiger partial charge >= 0.3 is 6.18 Å². The number of thioether (sulfide) groups is 1. The molecule has 4 unspecified atom stereocenters. The van der Waals surface area contributed by atoms with Crippen molar-refractivity contribution >= 4 is 17.7 Å². The summed E-state index contributed by atoms with van der Waals surface area (Å²) >= 11 is 1.61. The van der Waals surface area contributed by atoms with E-state index in [9.17, 15) is 27.2 Å². The second-order valence-corrected chi connectivity index (χ2v) is 10.1. The maximum Gasteiger partial charge on any atom is 0.408 e. The number of alkyl halides is 3. The van der Waals surface area contributed by atoms with Crippen molar-refractivity contribution in [2.45, 2.75) is 37.0 Å². The lowest BCUT2D eigenvalue weighted by atomic mass is 9.80. The molecule has 5 rings (SSSR count). The summed E-state index contributed by atoms with van der Waals surface area (Å²) in [4.78, 5) is 27.4. The Kier molecular flexibility index (Phi) is 5.82. The predicted molar refractivity (Wildman–Crippen MR) is 125 cm³/mol. The van der Waals surface area contributed by atoms with Crippen LogP contribution in [0.3, 0.4) is 0 Å². The Morgan fingerprint density at radius 2 is 1.89 bits per heavy atom. The van der Waals surface area contributed by atoms with Crippen LogP contribution >= 0.6 is 11.8 Å². The molecule has 5 nitrogen and oxygen atoms in total. The van der Waals surface area contributed by atoms with Crippen molar-refractivity contribution in [2.24, 2.45) is 11.8 Å². The summed E-state index contributed by atoms with van der Waals surface area (Å²) in [5, 5.41) is 1.66. The molecule has 0 saturated heterocycles. The van der Waals surface area contributed by atoms with Crippen molar-refractivity contribution < 1.29 is 22.4 Å². The SMILES string of the molecule is Cc1c2n(ccc1=O)N(C1c3ccccc3SCC3C=CC(F)=CC31)CN(C(C)C(F)(F)F)C2=O. The molecule has 2 aromatic rings. The number of hydrogen-bond acceptors (Lipinski definition) is 4. The average molecular weight is 506 g/mol. The largest absolute Gasteiger partial charge is 0.408 e. The molecule has 0 saturated carbocycles. The molecule has 1 aromatic heterocycles. The Morgan fingerprint density at radius 1 is 1.14 bits per heavy atom. The van der Waals surface area contributed by atoms with Crippen LogP contribution in [0, 0.1) is 18.8 Å². The summed E-state index contributed by atoms with van der Waals surface area (Å²) in [7, 11) is 0. The van der Waals surface area contributed by atoms with Gasteiger partial charge in [-0.1, -0.05) is 24.3 Å². The van der Waals surface area contributed by atoms with E-state index in [0.717, 1.165) is 22.3 Å². The zero-order chi connectivity index (χ0) is 25.1. The maximum absolute atomic E-state index is 14.5. The monoisotopic (exact) mass is 505 g/mol. The van der Waals surface area contributed by atoms with E-state index in [4.69, 9.17) is 0 Å². The summed E-state index contributed by atoms with van der Waals surface area (Å²) in [5.41, 5.74) is 0.356. The third kappa shape index (κ3) is 3.97. The van der Waals surface area contributed by atoms with E-state index in [-0.39, 0.29) is 23.8 Å². The van der Waals surface area contributed by atoms with Crippen LogP contribution in [0.1, 0.15) is 34.6 Å². The lowest BCUT2D eigenvalue weighted by Crippen LogP contribution is -2.61. The van der Waals surface area contributed by atoms with Crippen LogP contribution in [0.4, 0.5) is 17.6 Å². The van der Waals surface area contributed by atoms with Gasteiger partial charge in [0.15, 0.2) is 5.43 Å². The van der Waals surface area contributed by atoms with Gasteiger partial charge in [0.1, 0.15) is 24.2 Å². The number of allylic oxidation sites excluding steroid dienone is 3. The molecular formula is C25H23F4N3O2S. The zero-order valence-electron chi connectivity index (χ0n) is 19.0. The predicted octanol–water partition coefficient (Wildman–Crippen LogP) is 4.96. The summed E-state index contributed by atoms with van der Waals surface area (Å²) in [6.07, 6.45) is 1.50. The Balaban J connectivity index is 1.74. The molecule has 184 valence electrons. The molecule has 0 radical (unpaired) electrons. The maximum atomic E-state index is 14.5. The molecule has 10 heteroatoms. The number of benzene rings is 1. The number of rotatable bonds is 2. The summed E-state index contributed by atoms with van der Waals surface area (Å²) in [5.74, 6) is -1.08. The smallest absolute Gasteiger partial charge is 0.306 e. The van der Waals surface area contributed by atoms with Crippen LogP contribution < -0.4 is 10.4 Å². The van der Waals surface area contributed by atoms with E-state index in [1.165, 1.54) is 36.0 Å². The number of nitrogens with zero attached hydrogens (tertiary/aromatic N) is 3. The minimum absolute atomic E-state index is 0.0691. The number of halogens is 4. The van der Waals surface area contributed by atoms with Gasteiger partial charge in [-0.25, -0.2) is 4.39 Å². The lowest BCUT2D eigenvalue weighted by Gasteiger charge is -2.48. The van der Waals surface area contributed by atoms with Gasteiger partial charge in [0.2, 0.25) is 0 Å². The fraction of sp³-hybridized carbons (Fsp3) is 0.360. The fourth-order valence-corrected chi connectivity index (χ4v) is 6.26. The normalized spacial score (nSPS) is 24.8. The molecule has 35 heavy (non-hydrogen) atoms. The molecule has 1 aromatic carbocycles. The van der Waals surface area contributed by atoms with Crippen LogP contribution in [0.15, 0.2) is 70.3 Å². The van der Waals surface area contributed by atoms with Gasteiger partial charge in [-0.05, 0) is 43.5 Å². The third-order valence-electron chi connectivity index (χ3n) is 7.00. The number of carbonyl (C=O) groups excluding carboxylic acids is 1. The van der Waals surface area contributed by atoms with Crippen molar-refractivity contribution in [3.63, 3.8) is 0 Å². The van der Waals surface area contributed by atoms with Gasteiger partial charge in [-0.3, -0.25) is 19.3 Å². The highest BCUT2D eigenvalue weighted by molar-refractivity contribution is 7.99. The van der Waals surface area contributed by atoms with E-state index in [2.05, 4.69) is 0 Å². The number of hydrogen-bond donors (Lipinski definition) is 0. The second-order valence-electron chi connectivity index (χ2n) is 9.02. The molecule has 3 heterocycles. The zero-order valence-corrected chi connectivity index (χ0v) is 19.8. The van der Waals surface area contributed by atoms with Gasteiger partial charge in [-0.15, -0.1) is 11.8 Å². The van der Waals surface area contributed by atoms with Gasteiger partial charge in [0.05, 0.1) is 6.04 Å². The van der Waals surface area contributed by atoms with Crippen LogP contribution in [-0.4, -0.2) is 40.1 Å². The van der Waals surface area contributed by atoms with E-state index in [1.807, 2.05) is 24.3 Å². The Morgan fingerprint density at radius 3 is 2.63 bits per heavy atom. The first-order valence-corrected chi connectivity index (χ1v) is 12.2. The van der Waals surface area contributed by atoms with Crippen molar-refractivity contribution in [3.05, 3.63) is 87.6 Å². The first kappa shape index (κ1) is 23.7. The highest BCUT2D eigenvalue weighted by Crippen LogP contribution is 2.47. The molecular weight excluding hydrogens is 482 g/mol. The molecule has 2 aliphatic heterocycles. The Labute approximate surface area is 203 Å². The number of aromatic nitrogens is 1. The Hall–Kier alpha value is -3.01. The highest BCUT2D eigenvalue weighted by Gasteiger charge is 2.48. The molecule has 0 fully saturated rings. The summed E-state index contributed by atoms with van der Waals surface area (Å²) in [6.45, 7) is 2.00. The lowest BCUT2D eigenvalue weighted by molar-refractivity contribution is -0.173. The molecule has 4 atom stereocenters. The molecule has 0 bridgehead atoms. The van der Waals surface area contributed by atoms with Crippen LogP contribution in [-0.2, 0) is 0 Å². The molecule has 1 amide bonds. The quantitative estimate of drug-likeness (QED) is 0.542. The second kappa shape index (κ2) is 8.58. The van der Waals surface area contributed by atoms with Gasteiger partial charge in [-0.2, -0.15) is 13.2 Å². The fourth-order valence-electron chi connectivity index (χ4n) is 5.03. The van der Waals surface area contributed by atoms with Crippen molar-refractivity contribution in [1.29, 1.82) is 0 Å². The van der Waals surface area contributed by atoms with Crippen molar-refractivity contribution in [1.82, 2.24) is 9.58 Å². The highest BCUT2D eigenvalue weighted by atomic mass is 32.2. The number of amides is 1. The standard InChI is InChI=1S/C25H23F4N3O2S/c1-14-20(33)9-10-31-22(14)24(34)30(15(2)25(27,28)29)13-32(31)23-18-5-3-4-6-21(18)35-12-16-7-8-17(26)11-19(16)23/h3-11,15-16,19,23H,12-13H2,1-2H3. The topological polar surface area (TPSA) is 45.6 Å². The van der Waals surface area contributed by atoms with Crippen LogP contribution in [0.25, 0.3) is 0 Å². The molecule has 0 spiro atoms. The minimum Gasteiger partial charge on any atom is -0.306 e. The Bertz CT molecular complexity index is 1300. The molecule has 3 aliphatic rings. The number of pyridine rings is 1. The van der Waals surface area contributed by atoms with Gasteiger partial charge in [0.25, 0.3) is 5.91 Å². The van der Waals surface area contributed by atoms with E-state index in [0.29, 0.717) is 5.75 Å². The first-order chi connectivity index (χ1) is 16.6. The van der Waals surface area contributed by atoms with E-state index in [1.54, 1.807) is 22.8 Å². The van der Waals surface area contributed by atoms with Crippen molar-refractivity contribution in [2.75, 3.05) is 17.4 Å². The van der Waals surface area contributed by atoms with E-state index >= 15 is 0 Å². The van der Waals surface area contributed by atoms with Crippen LogP contribution in [0.5, 0.6) is 0 Å². The summed E-state index contributed by atoms with van der Waals surface area (Å²) < 4.78 is 57.4. The van der Waals surface area contributed by atoms with Crippen molar-refractivity contribution in [3.8, 4) is 0 Å². The van der Waals surface area contributed by atoms with E-state index < -0.39 is 41.3 Å². The van der Waals surface area contributed by atoms with Gasteiger partial charge < -0.3 is 4.90 Å². The average Bonchev–Trinajstić information content (AvgIpc) is 2.97. The molecule has 1 aliphatic carbocycles. The number of fused-ring (bicyclic) bond motifs is 3. The summed E-state index contributed by atoms with van der Waals surface area (Å²) in [6, 6.07) is 6.20. The minimum atomic E-state index is -4.66. The number of carbonyl (C=O) groups is 1. The molecule has 0 N–H and O–H groups in total. The van der Waals surface area contributed by atoms with Crippen LogP contribution in [0.2, 0.25) is 0 Å².